The Hall–Kier alpha value is -3.51. The predicted molar refractivity (Wildman–Crippen MR) is 106 cm³/mol. The van der Waals surface area contributed by atoms with Gasteiger partial charge in [0.15, 0.2) is 0 Å². The number of rotatable bonds is 6. The van der Waals surface area contributed by atoms with Crippen molar-refractivity contribution in [3.8, 4) is 11.1 Å². The summed E-state index contributed by atoms with van der Waals surface area (Å²) in [5.41, 5.74) is 5.18. The molecule has 0 bridgehead atoms. The third kappa shape index (κ3) is 4.42. The van der Waals surface area contributed by atoms with Crippen molar-refractivity contribution < 1.29 is 14.8 Å². The first-order chi connectivity index (χ1) is 13.6. The lowest BCUT2D eigenvalue weighted by Crippen LogP contribution is -2.28. The number of hydroxylamine groups is 1. The average Bonchev–Trinajstić information content (AvgIpc) is 2.77. The van der Waals surface area contributed by atoms with Gasteiger partial charge in [0, 0.05) is 18.0 Å². The molecule has 0 saturated carbocycles. The average molecular weight is 375 g/mol. The summed E-state index contributed by atoms with van der Waals surface area (Å²) >= 11 is 0. The first-order valence-corrected chi connectivity index (χ1v) is 8.98. The van der Waals surface area contributed by atoms with Crippen LogP contribution in [0, 0.1) is 0 Å². The fourth-order valence-electron chi connectivity index (χ4n) is 2.94. The molecule has 142 valence electrons. The summed E-state index contributed by atoms with van der Waals surface area (Å²) in [4.78, 5) is 28.3. The molecule has 2 aromatic carbocycles. The van der Waals surface area contributed by atoms with Crippen LogP contribution in [0.5, 0.6) is 0 Å². The second-order valence-electron chi connectivity index (χ2n) is 6.33. The zero-order valence-corrected chi connectivity index (χ0v) is 15.4. The van der Waals surface area contributed by atoms with E-state index in [0.29, 0.717) is 17.5 Å². The monoisotopic (exact) mass is 375 g/mol. The van der Waals surface area contributed by atoms with Crippen LogP contribution in [0.3, 0.4) is 0 Å². The van der Waals surface area contributed by atoms with Gasteiger partial charge in [-0.05, 0) is 41.3 Å². The highest BCUT2D eigenvalue weighted by atomic mass is 16.5. The number of hydrogen-bond donors (Lipinski definition) is 3. The molecule has 3 rings (SSSR count). The molecule has 0 aliphatic heterocycles. The molecule has 0 saturated heterocycles. The maximum absolute atomic E-state index is 12.7. The number of hydrogen-bond acceptors (Lipinski definition) is 4. The van der Waals surface area contributed by atoms with E-state index in [1.165, 1.54) is 6.20 Å². The van der Waals surface area contributed by atoms with Crippen molar-refractivity contribution in [3.05, 3.63) is 89.7 Å². The Kier molecular flexibility index (Phi) is 6.14. The van der Waals surface area contributed by atoms with Crippen LogP contribution in [0.25, 0.3) is 11.1 Å². The lowest BCUT2D eigenvalue weighted by Gasteiger charge is -2.18. The molecule has 28 heavy (non-hydrogen) atoms. The Morgan fingerprint density at radius 1 is 0.929 bits per heavy atom. The van der Waals surface area contributed by atoms with Crippen molar-refractivity contribution in [3.63, 3.8) is 0 Å². The molecule has 0 fully saturated rings. The SMILES string of the molecule is CC[C@H](NC(=O)c1ccc(-c2ccccc2)cc1)c1cncc(C(=O)NO)c1. The number of carbonyl (C=O) groups excluding carboxylic acids is 2. The van der Waals surface area contributed by atoms with Gasteiger partial charge in [0.1, 0.15) is 0 Å². The van der Waals surface area contributed by atoms with Gasteiger partial charge < -0.3 is 5.32 Å². The van der Waals surface area contributed by atoms with Crippen molar-refractivity contribution >= 4 is 11.8 Å². The topological polar surface area (TPSA) is 91.3 Å². The van der Waals surface area contributed by atoms with Crippen molar-refractivity contribution in [2.75, 3.05) is 0 Å². The van der Waals surface area contributed by atoms with Gasteiger partial charge in [0.2, 0.25) is 0 Å². The third-order valence-electron chi connectivity index (χ3n) is 4.49. The fraction of sp³-hybridized carbons (Fsp3) is 0.136. The third-order valence-corrected chi connectivity index (χ3v) is 4.49. The smallest absolute Gasteiger partial charge is 0.276 e. The summed E-state index contributed by atoms with van der Waals surface area (Å²) in [5.74, 6) is -0.851. The standard InChI is InChI=1S/C22H21N3O3/c1-2-20(18-12-19(14-23-13-18)22(27)25-28)24-21(26)17-10-8-16(9-11-17)15-6-4-3-5-7-15/h3-14,20,28H,2H2,1H3,(H,24,26)(H,25,27)/t20-/m0/s1. The van der Waals surface area contributed by atoms with Crippen LogP contribution in [0.2, 0.25) is 0 Å². The van der Waals surface area contributed by atoms with Crippen LogP contribution in [0.15, 0.2) is 73.1 Å². The Balaban J connectivity index is 1.75. The lowest BCUT2D eigenvalue weighted by atomic mass is 10.0. The van der Waals surface area contributed by atoms with Crippen molar-refractivity contribution in [1.29, 1.82) is 0 Å². The van der Waals surface area contributed by atoms with E-state index in [9.17, 15) is 9.59 Å². The van der Waals surface area contributed by atoms with E-state index in [2.05, 4.69) is 10.3 Å². The Labute approximate surface area is 163 Å². The number of benzene rings is 2. The van der Waals surface area contributed by atoms with Gasteiger partial charge in [-0.15, -0.1) is 0 Å². The molecule has 0 spiro atoms. The molecule has 2 amide bonds. The fourth-order valence-corrected chi connectivity index (χ4v) is 2.94. The number of pyridine rings is 1. The van der Waals surface area contributed by atoms with Gasteiger partial charge in [-0.3, -0.25) is 19.8 Å². The predicted octanol–water partition coefficient (Wildman–Crippen LogP) is 3.75. The number of nitrogens with zero attached hydrogens (tertiary/aromatic N) is 1. The van der Waals surface area contributed by atoms with E-state index < -0.39 is 5.91 Å². The van der Waals surface area contributed by atoms with Gasteiger partial charge in [-0.2, -0.15) is 0 Å². The zero-order valence-electron chi connectivity index (χ0n) is 15.4. The number of carbonyl (C=O) groups is 2. The van der Waals surface area contributed by atoms with Crippen molar-refractivity contribution in [1.82, 2.24) is 15.8 Å². The van der Waals surface area contributed by atoms with Gasteiger partial charge in [-0.1, -0.05) is 49.4 Å². The summed E-state index contributed by atoms with van der Waals surface area (Å²) in [7, 11) is 0. The van der Waals surface area contributed by atoms with Crippen LogP contribution < -0.4 is 10.8 Å². The molecule has 0 aliphatic rings. The minimum absolute atomic E-state index is 0.205. The van der Waals surface area contributed by atoms with Gasteiger partial charge in [0.25, 0.3) is 11.8 Å². The zero-order chi connectivity index (χ0) is 19.9. The molecule has 3 N–H and O–H groups in total. The molecule has 3 aromatic rings. The van der Waals surface area contributed by atoms with Gasteiger partial charge in [0.05, 0.1) is 11.6 Å². The summed E-state index contributed by atoms with van der Waals surface area (Å²) in [6, 6.07) is 18.7. The largest absolute Gasteiger partial charge is 0.345 e. The second-order valence-corrected chi connectivity index (χ2v) is 6.33. The molecule has 6 nitrogen and oxygen atoms in total. The molecule has 1 heterocycles. The summed E-state index contributed by atoms with van der Waals surface area (Å²) in [6.07, 6.45) is 3.58. The lowest BCUT2D eigenvalue weighted by molar-refractivity contribution is 0.0705. The molecule has 0 radical (unpaired) electrons. The van der Waals surface area contributed by atoms with E-state index in [1.807, 2.05) is 49.4 Å². The van der Waals surface area contributed by atoms with Crippen LogP contribution >= 0.6 is 0 Å². The molecule has 0 unspecified atom stereocenters. The van der Waals surface area contributed by atoms with Crippen molar-refractivity contribution in [2.45, 2.75) is 19.4 Å². The minimum atomic E-state index is -0.646. The Morgan fingerprint density at radius 3 is 2.25 bits per heavy atom. The normalized spacial score (nSPS) is 11.5. The molecular formula is C22H21N3O3. The Morgan fingerprint density at radius 2 is 1.61 bits per heavy atom. The number of aromatic nitrogens is 1. The van der Waals surface area contributed by atoms with Crippen LogP contribution in [0.1, 0.15) is 45.7 Å². The van der Waals surface area contributed by atoms with E-state index >= 15 is 0 Å². The Bertz CT molecular complexity index is 956. The second kappa shape index (κ2) is 8.92. The highest BCUT2D eigenvalue weighted by Crippen LogP contribution is 2.21. The summed E-state index contributed by atoms with van der Waals surface area (Å²) in [5, 5.41) is 11.7. The van der Waals surface area contributed by atoms with E-state index in [4.69, 9.17) is 5.21 Å². The summed E-state index contributed by atoms with van der Waals surface area (Å²) in [6.45, 7) is 1.93. The minimum Gasteiger partial charge on any atom is -0.345 e. The van der Waals surface area contributed by atoms with Gasteiger partial charge >= 0.3 is 0 Å². The van der Waals surface area contributed by atoms with Crippen LogP contribution in [-0.4, -0.2) is 22.0 Å². The van der Waals surface area contributed by atoms with Crippen LogP contribution in [-0.2, 0) is 0 Å². The first-order valence-electron chi connectivity index (χ1n) is 8.98. The van der Waals surface area contributed by atoms with E-state index in [-0.39, 0.29) is 17.5 Å². The maximum Gasteiger partial charge on any atom is 0.276 e. The number of amides is 2. The highest BCUT2D eigenvalue weighted by Gasteiger charge is 2.16. The maximum atomic E-state index is 12.7. The molecule has 1 atom stereocenters. The van der Waals surface area contributed by atoms with E-state index in [1.54, 1.807) is 29.9 Å². The number of nitrogens with one attached hydrogen (secondary N) is 2. The molecular weight excluding hydrogens is 354 g/mol. The quantitative estimate of drug-likeness (QED) is 0.452. The van der Waals surface area contributed by atoms with E-state index in [0.717, 1.165) is 11.1 Å². The first kappa shape index (κ1) is 19.3. The molecule has 1 aromatic heterocycles. The molecule has 0 aliphatic carbocycles. The van der Waals surface area contributed by atoms with Crippen molar-refractivity contribution in [2.24, 2.45) is 0 Å². The van der Waals surface area contributed by atoms with Gasteiger partial charge in [-0.25, -0.2) is 5.48 Å². The van der Waals surface area contributed by atoms with Crippen LogP contribution in [0.4, 0.5) is 0 Å². The highest BCUT2D eigenvalue weighted by molar-refractivity contribution is 5.95. The molecule has 6 heteroatoms. The summed E-state index contributed by atoms with van der Waals surface area (Å²) < 4.78 is 0.